The van der Waals surface area contributed by atoms with Gasteiger partial charge in [0.25, 0.3) is 0 Å². The number of allylic oxidation sites excluding steroid dienone is 2. The number of nitrogens with zero attached hydrogens (tertiary/aromatic N) is 1. The second-order valence-electron chi connectivity index (χ2n) is 5.25. The van der Waals surface area contributed by atoms with Gasteiger partial charge >= 0.3 is 0 Å². The monoisotopic (exact) mass is 309 g/mol. The van der Waals surface area contributed by atoms with Gasteiger partial charge in [-0.15, -0.1) is 0 Å². The second kappa shape index (κ2) is 7.94. The van der Waals surface area contributed by atoms with Gasteiger partial charge < -0.3 is 9.84 Å². The molecule has 0 bridgehead atoms. The van der Waals surface area contributed by atoms with E-state index in [-0.39, 0.29) is 17.1 Å². The maximum Gasteiger partial charge on any atom is 0.189 e. The summed E-state index contributed by atoms with van der Waals surface area (Å²) in [5.74, 6) is 0.161. The van der Waals surface area contributed by atoms with Crippen molar-refractivity contribution in [3.05, 3.63) is 71.6 Å². The maximum atomic E-state index is 12.1. The normalized spacial score (nSPS) is 10.5. The van der Waals surface area contributed by atoms with Crippen molar-refractivity contribution in [2.45, 2.75) is 13.8 Å². The molecule has 1 aromatic carbocycles. The Morgan fingerprint density at radius 2 is 1.96 bits per heavy atom. The van der Waals surface area contributed by atoms with Crippen LogP contribution in [-0.4, -0.2) is 22.5 Å². The molecule has 1 N–H and O–H groups in total. The van der Waals surface area contributed by atoms with Crippen molar-refractivity contribution in [1.29, 1.82) is 0 Å². The second-order valence-corrected chi connectivity index (χ2v) is 5.25. The minimum absolute atomic E-state index is 0.0934. The molecular weight excluding hydrogens is 290 g/mol. The lowest BCUT2D eigenvalue weighted by Crippen LogP contribution is -1.98. The Balaban J connectivity index is 2.06. The Morgan fingerprint density at radius 3 is 2.61 bits per heavy atom. The van der Waals surface area contributed by atoms with Gasteiger partial charge in [0.15, 0.2) is 5.78 Å². The highest BCUT2D eigenvalue weighted by atomic mass is 16.5. The number of phenolic OH excluding ortho intramolecular Hbond substituents is 1. The maximum absolute atomic E-state index is 12.1. The lowest BCUT2D eigenvalue weighted by atomic mass is 10.1. The highest BCUT2D eigenvalue weighted by Crippen LogP contribution is 2.24. The number of carbonyl (C=O) groups is 1. The minimum Gasteiger partial charge on any atom is -0.507 e. The van der Waals surface area contributed by atoms with Crippen LogP contribution in [0.15, 0.2) is 60.5 Å². The van der Waals surface area contributed by atoms with E-state index in [2.05, 4.69) is 4.98 Å². The summed E-state index contributed by atoms with van der Waals surface area (Å²) in [7, 11) is 0. The number of aromatic nitrogens is 1. The van der Waals surface area contributed by atoms with Gasteiger partial charge in [0, 0.05) is 18.5 Å². The number of hydrogen-bond acceptors (Lipinski definition) is 4. The molecule has 0 aliphatic carbocycles. The molecule has 0 amide bonds. The van der Waals surface area contributed by atoms with Gasteiger partial charge in [-0.2, -0.15) is 0 Å². The molecule has 0 aliphatic rings. The van der Waals surface area contributed by atoms with Crippen LogP contribution in [0.1, 0.15) is 29.8 Å². The highest BCUT2D eigenvalue weighted by molar-refractivity contribution is 6.08. The zero-order chi connectivity index (χ0) is 16.7. The third kappa shape index (κ3) is 5.11. The number of ketones is 1. The first-order valence-corrected chi connectivity index (χ1v) is 7.28. The van der Waals surface area contributed by atoms with E-state index >= 15 is 0 Å². The standard InChI is InChI=1S/C19H19NO3/c1-14(2)9-12-23-16-4-5-17(19(22)13-16)18(21)6-3-15-7-10-20-11-8-15/h3-11,13,22H,12H2,1-2H3/b6-3+. The van der Waals surface area contributed by atoms with Gasteiger partial charge in [-0.05, 0) is 55.8 Å². The van der Waals surface area contributed by atoms with E-state index in [1.807, 2.05) is 19.9 Å². The summed E-state index contributed by atoms with van der Waals surface area (Å²) in [5.41, 5.74) is 2.27. The molecule has 0 saturated carbocycles. The quantitative estimate of drug-likeness (QED) is 0.497. The molecule has 1 heterocycles. The summed E-state index contributed by atoms with van der Waals surface area (Å²) in [6, 6.07) is 8.28. The first-order chi connectivity index (χ1) is 11.1. The van der Waals surface area contributed by atoms with Crippen LogP contribution in [0.2, 0.25) is 0 Å². The summed E-state index contributed by atoms with van der Waals surface area (Å²) in [6.45, 7) is 4.40. The third-order valence-corrected chi connectivity index (χ3v) is 3.11. The Kier molecular flexibility index (Phi) is 5.69. The van der Waals surface area contributed by atoms with Crippen LogP contribution < -0.4 is 4.74 Å². The molecule has 0 aliphatic heterocycles. The Labute approximate surface area is 135 Å². The fourth-order valence-corrected chi connectivity index (χ4v) is 1.85. The Bertz CT molecular complexity index is 730. The fourth-order valence-electron chi connectivity index (χ4n) is 1.85. The predicted molar refractivity (Wildman–Crippen MR) is 90.6 cm³/mol. The zero-order valence-corrected chi connectivity index (χ0v) is 13.2. The average Bonchev–Trinajstić information content (AvgIpc) is 2.53. The summed E-state index contributed by atoms with van der Waals surface area (Å²) in [6.07, 6.45) is 8.35. The molecule has 2 rings (SSSR count). The molecular formula is C19H19NO3. The van der Waals surface area contributed by atoms with Crippen molar-refractivity contribution in [1.82, 2.24) is 4.98 Å². The van der Waals surface area contributed by atoms with Crippen LogP contribution in [0.3, 0.4) is 0 Å². The first kappa shape index (κ1) is 16.5. The van der Waals surface area contributed by atoms with Crippen molar-refractivity contribution in [3.8, 4) is 11.5 Å². The Hall–Kier alpha value is -2.88. The molecule has 4 heteroatoms. The van der Waals surface area contributed by atoms with Crippen molar-refractivity contribution in [3.63, 3.8) is 0 Å². The van der Waals surface area contributed by atoms with Gasteiger partial charge in [0.05, 0.1) is 5.56 Å². The summed E-state index contributed by atoms with van der Waals surface area (Å²) < 4.78 is 5.49. The Morgan fingerprint density at radius 1 is 1.22 bits per heavy atom. The minimum atomic E-state index is -0.268. The molecule has 2 aromatic rings. The van der Waals surface area contributed by atoms with Crippen LogP contribution in [0.25, 0.3) is 6.08 Å². The number of carbonyl (C=O) groups excluding carboxylic acids is 1. The topological polar surface area (TPSA) is 59.4 Å². The third-order valence-electron chi connectivity index (χ3n) is 3.11. The number of ether oxygens (including phenoxy) is 1. The number of phenols is 1. The molecule has 4 nitrogen and oxygen atoms in total. The van der Waals surface area contributed by atoms with Crippen LogP contribution in [-0.2, 0) is 0 Å². The molecule has 0 spiro atoms. The van der Waals surface area contributed by atoms with Crippen molar-refractivity contribution >= 4 is 11.9 Å². The SMILES string of the molecule is CC(C)=CCOc1ccc(C(=O)/C=C/c2ccncc2)c(O)c1. The van der Waals surface area contributed by atoms with Gasteiger partial charge in [0.1, 0.15) is 18.1 Å². The van der Waals surface area contributed by atoms with E-state index in [0.29, 0.717) is 12.4 Å². The van der Waals surface area contributed by atoms with Crippen LogP contribution >= 0.6 is 0 Å². The molecule has 118 valence electrons. The van der Waals surface area contributed by atoms with Crippen LogP contribution in [0, 0.1) is 0 Å². The van der Waals surface area contributed by atoms with Gasteiger partial charge in [0.2, 0.25) is 0 Å². The lowest BCUT2D eigenvalue weighted by molar-refractivity contribution is 0.104. The fraction of sp³-hybridized carbons (Fsp3) is 0.158. The van der Waals surface area contributed by atoms with E-state index < -0.39 is 0 Å². The average molecular weight is 309 g/mol. The largest absolute Gasteiger partial charge is 0.507 e. The highest BCUT2D eigenvalue weighted by Gasteiger charge is 2.09. The van der Waals surface area contributed by atoms with E-state index in [1.54, 1.807) is 42.7 Å². The number of aromatic hydroxyl groups is 1. The van der Waals surface area contributed by atoms with E-state index in [9.17, 15) is 9.90 Å². The van der Waals surface area contributed by atoms with Crippen LogP contribution in [0.4, 0.5) is 0 Å². The summed E-state index contributed by atoms with van der Waals surface area (Å²) in [5, 5.41) is 10.0. The molecule has 0 fully saturated rings. The van der Waals surface area contributed by atoms with Gasteiger partial charge in [-0.3, -0.25) is 9.78 Å². The van der Waals surface area contributed by atoms with Crippen LogP contribution in [0.5, 0.6) is 11.5 Å². The van der Waals surface area contributed by atoms with Crippen molar-refractivity contribution in [2.24, 2.45) is 0 Å². The predicted octanol–water partition coefficient (Wildman–Crippen LogP) is 4.03. The molecule has 0 atom stereocenters. The number of rotatable bonds is 6. The molecule has 1 aromatic heterocycles. The van der Waals surface area contributed by atoms with Gasteiger partial charge in [-0.25, -0.2) is 0 Å². The van der Waals surface area contributed by atoms with Crippen molar-refractivity contribution in [2.75, 3.05) is 6.61 Å². The van der Waals surface area contributed by atoms with Crippen molar-refractivity contribution < 1.29 is 14.6 Å². The molecule has 23 heavy (non-hydrogen) atoms. The first-order valence-electron chi connectivity index (χ1n) is 7.28. The molecule has 0 radical (unpaired) electrons. The zero-order valence-electron chi connectivity index (χ0n) is 13.2. The van der Waals surface area contributed by atoms with E-state index in [4.69, 9.17) is 4.74 Å². The number of pyridine rings is 1. The number of hydrogen-bond donors (Lipinski definition) is 1. The number of benzene rings is 1. The van der Waals surface area contributed by atoms with Gasteiger partial charge in [-0.1, -0.05) is 11.6 Å². The molecule has 0 saturated heterocycles. The summed E-state index contributed by atoms with van der Waals surface area (Å²) in [4.78, 5) is 16.1. The van der Waals surface area contributed by atoms with E-state index in [0.717, 1.165) is 11.1 Å². The van der Waals surface area contributed by atoms with E-state index in [1.165, 1.54) is 12.1 Å². The smallest absolute Gasteiger partial charge is 0.189 e. The summed E-state index contributed by atoms with van der Waals surface area (Å²) >= 11 is 0. The lowest BCUT2D eigenvalue weighted by Gasteiger charge is -2.06. The molecule has 0 unspecified atom stereocenters.